The molecular weight excluding hydrogens is 228 g/mol. The predicted molar refractivity (Wildman–Crippen MR) is 68.8 cm³/mol. The third kappa shape index (κ3) is 3.09. The molecule has 0 unspecified atom stereocenters. The molecule has 1 aliphatic rings. The van der Waals surface area contributed by atoms with Crippen LogP contribution in [-0.2, 0) is 9.59 Å². The fourth-order valence-corrected chi connectivity index (χ4v) is 2.16. The lowest BCUT2D eigenvalue weighted by atomic mass is 10.1. The quantitative estimate of drug-likeness (QED) is 0.875. The van der Waals surface area contributed by atoms with Gasteiger partial charge in [0.2, 0.25) is 11.8 Å². The third-order valence-electron chi connectivity index (χ3n) is 3.18. The van der Waals surface area contributed by atoms with Crippen LogP contribution in [-0.4, -0.2) is 29.8 Å². The van der Waals surface area contributed by atoms with E-state index < -0.39 is 0 Å². The summed E-state index contributed by atoms with van der Waals surface area (Å²) in [5, 5.41) is 2.91. The number of carbonyl (C=O) groups is 2. The van der Waals surface area contributed by atoms with Gasteiger partial charge in [0.05, 0.1) is 12.6 Å². The summed E-state index contributed by atoms with van der Waals surface area (Å²) in [6, 6.07) is 9.76. The number of rotatable bonds is 4. The van der Waals surface area contributed by atoms with Crippen molar-refractivity contribution in [3.05, 3.63) is 35.9 Å². The summed E-state index contributed by atoms with van der Waals surface area (Å²) in [5.41, 5.74) is 1.07. The topological polar surface area (TPSA) is 49.4 Å². The first kappa shape index (κ1) is 12.6. The van der Waals surface area contributed by atoms with Crippen molar-refractivity contribution in [2.24, 2.45) is 0 Å². The minimum Gasteiger partial charge on any atom is -0.348 e. The summed E-state index contributed by atoms with van der Waals surface area (Å²) in [6.07, 6.45) is 1.43. The SMILES string of the molecule is C[C@H](NC(=O)CN1CCCC1=O)c1ccccc1. The van der Waals surface area contributed by atoms with E-state index in [1.165, 1.54) is 0 Å². The smallest absolute Gasteiger partial charge is 0.240 e. The van der Waals surface area contributed by atoms with Crippen molar-refractivity contribution >= 4 is 11.8 Å². The molecule has 1 atom stereocenters. The molecule has 0 aliphatic carbocycles. The van der Waals surface area contributed by atoms with Crippen molar-refractivity contribution in [3.8, 4) is 0 Å². The number of likely N-dealkylation sites (tertiary alicyclic amines) is 1. The standard InChI is InChI=1S/C14H18N2O2/c1-11(12-6-3-2-4-7-12)15-13(17)10-16-9-5-8-14(16)18/h2-4,6-7,11H,5,8-10H2,1H3,(H,15,17)/t11-/m0/s1. The Morgan fingerprint density at radius 2 is 2.11 bits per heavy atom. The molecule has 1 aliphatic heterocycles. The highest BCUT2D eigenvalue weighted by Gasteiger charge is 2.22. The zero-order valence-electron chi connectivity index (χ0n) is 10.6. The van der Waals surface area contributed by atoms with Crippen molar-refractivity contribution in [3.63, 3.8) is 0 Å². The van der Waals surface area contributed by atoms with Gasteiger partial charge in [0.25, 0.3) is 0 Å². The van der Waals surface area contributed by atoms with Gasteiger partial charge in [-0.25, -0.2) is 0 Å². The van der Waals surface area contributed by atoms with E-state index >= 15 is 0 Å². The molecular formula is C14H18N2O2. The zero-order valence-corrected chi connectivity index (χ0v) is 10.6. The predicted octanol–water partition coefficient (Wildman–Crippen LogP) is 1.49. The number of hydrogen-bond donors (Lipinski definition) is 1. The molecule has 1 N–H and O–H groups in total. The number of carbonyl (C=O) groups excluding carboxylic acids is 2. The fraction of sp³-hybridized carbons (Fsp3) is 0.429. The van der Waals surface area contributed by atoms with Gasteiger partial charge in [-0.3, -0.25) is 9.59 Å². The molecule has 4 heteroatoms. The second-order valence-corrected chi connectivity index (χ2v) is 4.62. The summed E-state index contributed by atoms with van der Waals surface area (Å²) >= 11 is 0. The summed E-state index contributed by atoms with van der Waals surface area (Å²) in [7, 11) is 0. The average molecular weight is 246 g/mol. The van der Waals surface area contributed by atoms with E-state index in [-0.39, 0.29) is 24.4 Å². The van der Waals surface area contributed by atoms with Crippen LogP contribution >= 0.6 is 0 Å². The number of benzene rings is 1. The minimum absolute atomic E-state index is 0.0311. The molecule has 2 amide bonds. The van der Waals surface area contributed by atoms with Gasteiger partial charge in [-0.2, -0.15) is 0 Å². The second-order valence-electron chi connectivity index (χ2n) is 4.62. The third-order valence-corrected chi connectivity index (χ3v) is 3.18. The van der Waals surface area contributed by atoms with Crippen LogP contribution in [0.2, 0.25) is 0 Å². The maximum Gasteiger partial charge on any atom is 0.240 e. The Morgan fingerprint density at radius 3 is 2.72 bits per heavy atom. The molecule has 0 radical (unpaired) electrons. The van der Waals surface area contributed by atoms with E-state index in [4.69, 9.17) is 0 Å². The van der Waals surface area contributed by atoms with Gasteiger partial charge >= 0.3 is 0 Å². The van der Waals surface area contributed by atoms with E-state index in [0.717, 1.165) is 12.0 Å². The largest absolute Gasteiger partial charge is 0.348 e. The first-order valence-electron chi connectivity index (χ1n) is 6.29. The van der Waals surface area contributed by atoms with Crippen molar-refractivity contribution in [2.45, 2.75) is 25.8 Å². The zero-order chi connectivity index (χ0) is 13.0. The van der Waals surface area contributed by atoms with Crippen LogP contribution in [0, 0.1) is 0 Å². The first-order valence-corrected chi connectivity index (χ1v) is 6.29. The van der Waals surface area contributed by atoms with Crippen LogP contribution < -0.4 is 5.32 Å². The van der Waals surface area contributed by atoms with E-state index in [0.29, 0.717) is 13.0 Å². The average Bonchev–Trinajstić information content (AvgIpc) is 2.76. The van der Waals surface area contributed by atoms with Crippen molar-refractivity contribution < 1.29 is 9.59 Å². The number of amides is 2. The Kier molecular flexibility index (Phi) is 3.97. The molecule has 4 nitrogen and oxygen atoms in total. The van der Waals surface area contributed by atoms with Gasteiger partial charge in [-0.05, 0) is 18.9 Å². The Hall–Kier alpha value is -1.84. The molecule has 0 saturated carbocycles. The Labute approximate surface area is 107 Å². The van der Waals surface area contributed by atoms with Crippen LogP contribution in [0.4, 0.5) is 0 Å². The van der Waals surface area contributed by atoms with Gasteiger partial charge in [0.15, 0.2) is 0 Å². The minimum atomic E-state index is -0.0957. The molecule has 1 aromatic rings. The molecule has 18 heavy (non-hydrogen) atoms. The second kappa shape index (κ2) is 5.67. The summed E-state index contributed by atoms with van der Waals surface area (Å²) in [4.78, 5) is 24.9. The monoisotopic (exact) mass is 246 g/mol. The lowest BCUT2D eigenvalue weighted by Crippen LogP contribution is -2.38. The number of nitrogens with zero attached hydrogens (tertiary/aromatic N) is 1. The van der Waals surface area contributed by atoms with Gasteiger partial charge < -0.3 is 10.2 Å². The summed E-state index contributed by atoms with van der Waals surface area (Å²) in [6.45, 7) is 2.82. The molecule has 0 bridgehead atoms. The van der Waals surface area contributed by atoms with Crippen molar-refractivity contribution in [2.75, 3.05) is 13.1 Å². The molecule has 1 fully saturated rings. The highest BCUT2D eigenvalue weighted by Crippen LogP contribution is 2.12. The van der Waals surface area contributed by atoms with Crippen LogP contribution in [0.1, 0.15) is 31.4 Å². The van der Waals surface area contributed by atoms with Crippen molar-refractivity contribution in [1.82, 2.24) is 10.2 Å². The Bertz CT molecular complexity index is 431. The van der Waals surface area contributed by atoms with Crippen LogP contribution in [0.5, 0.6) is 0 Å². The summed E-state index contributed by atoms with van der Waals surface area (Å²) < 4.78 is 0. The van der Waals surface area contributed by atoms with Gasteiger partial charge in [0, 0.05) is 13.0 Å². The number of nitrogens with one attached hydrogen (secondary N) is 1. The first-order chi connectivity index (χ1) is 8.66. The van der Waals surface area contributed by atoms with Gasteiger partial charge in [-0.15, -0.1) is 0 Å². The maximum atomic E-state index is 11.8. The van der Waals surface area contributed by atoms with E-state index in [9.17, 15) is 9.59 Å². The van der Waals surface area contributed by atoms with Crippen molar-refractivity contribution in [1.29, 1.82) is 0 Å². The highest BCUT2D eigenvalue weighted by atomic mass is 16.2. The summed E-state index contributed by atoms with van der Waals surface area (Å²) in [5.74, 6) is -0.0147. The molecule has 1 heterocycles. The molecule has 0 aromatic heterocycles. The molecule has 0 spiro atoms. The highest BCUT2D eigenvalue weighted by molar-refractivity contribution is 5.86. The number of hydrogen-bond acceptors (Lipinski definition) is 2. The normalized spacial score (nSPS) is 16.7. The molecule has 1 saturated heterocycles. The molecule has 2 rings (SSSR count). The molecule has 96 valence electrons. The molecule has 1 aromatic carbocycles. The van der Waals surface area contributed by atoms with Gasteiger partial charge in [0.1, 0.15) is 0 Å². The Morgan fingerprint density at radius 1 is 1.39 bits per heavy atom. The lowest BCUT2D eigenvalue weighted by Gasteiger charge is -2.18. The van der Waals surface area contributed by atoms with Crippen LogP contribution in [0.25, 0.3) is 0 Å². The lowest BCUT2D eigenvalue weighted by molar-refractivity contribution is -0.133. The van der Waals surface area contributed by atoms with Gasteiger partial charge in [-0.1, -0.05) is 30.3 Å². The van der Waals surface area contributed by atoms with Crippen LogP contribution in [0.3, 0.4) is 0 Å². The maximum absolute atomic E-state index is 11.8. The fourth-order valence-electron chi connectivity index (χ4n) is 2.16. The van der Waals surface area contributed by atoms with E-state index in [1.807, 2.05) is 37.3 Å². The Balaban J connectivity index is 1.86. The van der Waals surface area contributed by atoms with E-state index in [2.05, 4.69) is 5.32 Å². The van der Waals surface area contributed by atoms with Crippen LogP contribution in [0.15, 0.2) is 30.3 Å². The van der Waals surface area contributed by atoms with E-state index in [1.54, 1.807) is 4.90 Å².